The molecule has 0 bridgehead atoms. The average Bonchev–Trinajstić information content (AvgIpc) is 2.87. The molecule has 0 aromatic heterocycles. The maximum Gasteiger partial charge on any atom is 0.411 e. The molecule has 1 saturated heterocycles. The van der Waals surface area contributed by atoms with E-state index in [1.807, 2.05) is 20.8 Å². The van der Waals surface area contributed by atoms with E-state index in [1.165, 1.54) is 7.11 Å². The second-order valence-electron chi connectivity index (χ2n) is 7.65. The van der Waals surface area contributed by atoms with E-state index in [1.54, 1.807) is 11.9 Å². The maximum atomic E-state index is 12.8. The average molecular weight is 339 g/mol. The zero-order valence-electron chi connectivity index (χ0n) is 15.4. The molecule has 0 aromatic rings. The number of rotatable bonds is 3. The van der Waals surface area contributed by atoms with Gasteiger partial charge in [-0.3, -0.25) is 19.5 Å². The van der Waals surface area contributed by atoms with Crippen LogP contribution in [0.25, 0.3) is 0 Å². The van der Waals surface area contributed by atoms with E-state index in [4.69, 9.17) is 9.57 Å². The molecule has 0 unspecified atom stereocenters. The van der Waals surface area contributed by atoms with Gasteiger partial charge in [-0.1, -0.05) is 12.8 Å². The summed E-state index contributed by atoms with van der Waals surface area (Å²) in [7, 11) is 2.98. The molecular weight excluding hydrogens is 310 g/mol. The van der Waals surface area contributed by atoms with Gasteiger partial charge in [-0.05, 0) is 40.3 Å². The van der Waals surface area contributed by atoms with E-state index in [-0.39, 0.29) is 11.9 Å². The van der Waals surface area contributed by atoms with Crippen molar-refractivity contribution in [1.82, 2.24) is 9.96 Å². The van der Waals surface area contributed by atoms with Crippen LogP contribution in [0.3, 0.4) is 0 Å². The van der Waals surface area contributed by atoms with Crippen molar-refractivity contribution >= 4 is 18.7 Å². The van der Waals surface area contributed by atoms with Crippen molar-refractivity contribution in [3.05, 3.63) is 0 Å². The molecule has 1 aliphatic heterocycles. The van der Waals surface area contributed by atoms with Gasteiger partial charge in [-0.2, -0.15) is 0 Å². The van der Waals surface area contributed by atoms with Crippen LogP contribution in [0.2, 0.25) is 0 Å². The third-order valence-electron chi connectivity index (χ3n) is 4.96. The molecule has 0 radical (unpaired) electrons. The predicted octanol–water partition coefficient (Wildman–Crippen LogP) is 2.40. The van der Waals surface area contributed by atoms with Crippen LogP contribution in [0.4, 0.5) is 4.79 Å². The smallest absolute Gasteiger partial charge is 0.411 e. The van der Waals surface area contributed by atoms with Crippen molar-refractivity contribution in [2.75, 3.05) is 14.2 Å². The number of ether oxygens (including phenoxy) is 1. The Morgan fingerprint density at radius 2 is 2.00 bits per heavy atom. The largest absolute Gasteiger partial charge is 0.444 e. The monoisotopic (exact) mass is 339 g/mol. The summed E-state index contributed by atoms with van der Waals surface area (Å²) in [4.78, 5) is 36.6. The van der Waals surface area contributed by atoms with Gasteiger partial charge in [0.15, 0.2) is 0 Å². The number of fused-ring (bicyclic) bond motifs is 1. The third kappa shape index (κ3) is 3.41. The molecule has 136 valence electrons. The summed E-state index contributed by atoms with van der Waals surface area (Å²) in [6.45, 7) is 9.22. The van der Waals surface area contributed by atoms with Crippen LogP contribution in [0.15, 0.2) is 4.99 Å². The van der Waals surface area contributed by atoms with Gasteiger partial charge in [0.2, 0.25) is 0 Å². The summed E-state index contributed by atoms with van der Waals surface area (Å²) in [5, 5.41) is 1.16. The molecular formula is C17H29N3O4. The molecule has 2 fully saturated rings. The Morgan fingerprint density at radius 1 is 1.33 bits per heavy atom. The maximum absolute atomic E-state index is 12.8. The topological polar surface area (TPSA) is 71.4 Å². The Bertz CT molecular complexity index is 516. The van der Waals surface area contributed by atoms with Crippen molar-refractivity contribution < 1.29 is 19.2 Å². The lowest BCUT2D eigenvalue weighted by molar-refractivity contribution is -0.173. The molecule has 1 aliphatic carbocycles. The molecule has 24 heavy (non-hydrogen) atoms. The van der Waals surface area contributed by atoms with E-state index >= 15 is 0 Å². The van der Waals surface area contributed by atoms with Gasteiger partial charge in [0.1, 0.15) is 11.6 Å². The molecule has 7 heteroatoms. The van der Waals surface area contributed by atoms with Crippen molar-refractivity contribution in [2.24, 2.45) is 4.99 Å². The van der Waals surface area contributed by atoms with Crippen LogP contribution in [0, 0.1) is 0 Å². The van der Waals surface area contributed by atoms with E-state index in [9.17, 15) is 9.59 Å². The number of hydroxylamine groups is 2. The van der Waals surface area contributed by atoms with Gasteiger partial charge >= 0.3 is 6.09 Å². The lowest BCUT2D eigenvalue weighted by Gasteiger charge is -2.39. The van der Waals surface area contributed by atoms with Crippen LogP contribution < -0.4 is 0 Å². The van der Waals surface area contributed by atoms with Gasteiger partial charge in [0.05, 0.1) is 18.7 Å². The van der Waals surface area contributed by atoms with Crippen LogP contribution >= 0.6 is 0 Å². The van der Waals surface area contributed by atoms with Crippen molar-refractivity contribution in [1.29, 1.82) is 0 Å². The fraction of sp³-hybridized carbons (Fsp3) is 0.824. The van der Waals surface area contributed by atoms with Crippen molar-refractivity contribution in [3.63, 3.8) is 0 Å². The number of carbonyl (C=O) groups is 2. The molecule has 0 spiro atoms. The molecule has 2 rings (SSSR count). The van der Waals surface area contributed by atoms with Crippen molar-refractivity contribution in [3.8, 4) is 0 Å². The minimum atomic E-state index is -0.640. The third-order valence-corrected chi connectivity index (χ3v) is 4.96. The highest BCUT2D eigenvalue weighted by atomic mass is 16.7. The van der Waals surface area contributed by atoms with Gasteiger partial charge in [0, 0.05) is 13.5 Å². The molecule has 0 aromatic carbocycles. The van der Waals surface area contributed by atoms with Crippen LogP contribution in [0.1, 0.15) is 52.9 Å². The molecule has 2 aliphatic rings. The van der Waals surface area contributed by atoms with Gasteiger partial charge in [0.25, 0.3) is 5.91 Å². The van der Waals surface area contributed by atoms with Crippen LogP contribution in [-0.4, -0.2) is 66.1 Å². The number of aliphatic imine (C=N–C) groups is 1. The number of likely N-dealkylation sites (N-methyl/N-ethyl adjacent to an activating group) is 1. The molecule has 1 heterocycles. The standard InChI is InChI=1S/C17H29N3O4/c1-16(2,3)24-15(22)20-12(14(21)19(5)23-6)11-17(18-4)10-8-7-9-13(17)20/h12-13H,4,7-11H2,1-3,5-6H3/t12-,13-,17+/m0/s1. The van der Waals surface area contributed by atoms with Gasteiger partial charge in [-0.15, -0.1) is 0 Å². The fourth-order valence-electron chi connectivity index (χ4n) is 3.81. The number of likely N-dealkylation sites (tertiary alicyclic amines) is 1. The zero-order valence-corrected chi connectivity index (χ0v) is 15.4. The highest BCUT2D eigenvalue weighted by Gasteiger charge is 2.57. The van der Waals surface area contributed by atoms with E-state index in [0.717, 1.165) is 30.7 Å². The quantitative estimate of drug-likeness (QED) is 0.585. The summed E-state index contributed by atoms with van der Waals surface area (Å²) < 4.78 is 5.57. The Morgan fingerprint density at radius 3 is 2.54 bits per heavy atom. The minimum absolute atomic E-state index is 0.155. The number of amides is 2. The summed E-state index contributed by atoms with van der Waals surface area (Å²) >= 11 is 0. The first-order valence-electron chi connectivity index (χ1n) is 8.46. The molecule has 0 N–H and O–H groups in total. The first-order chi connectivity index (χ1) is 11.1. The van der Waals surface area contributed by atoms with Crippen molar-refractivity contribution in [2.45, 2.75) is 76.1 Å². The van der Waals surface area contributed by atoms with Gasteiger partial charge < -0.3 is 4.74 Å². The number of carbonyl (C=O) groups excluding carboxylic acids is 2. The van der Waals surface area contributed by atoms with Gasteiger partial charge in [-0.25, -0.2) is 9.86 Å². The van der Waals surface area contributed by atoms with Crippen LogP contribution in [-0.2, 0) is 14.4 Å². The summed E-state index contributed by atoms with van der Waals surface area (Å²) in [6, 6.07) is -0.795. The molecule has 2 amide bonds. The Labute approximate surface area is 143 Å². The zero-order chi connectivity index (χ0) is 18.1. The van der Waals surface area contributed by atoms with E-state index in [0.29, 0.717) is 6.42 Å². The summed E-state index contributed by atoms with van der Waals surface area (Å²) in [5.41, 5.74) is -1.09. The Kier molecular flexibility index (Phi) is 5.22. The number of nitrogens with zero attached hydrogens (tertiary/aromatic N) is 3. The minimum Gasteiger partial charge on any atom is -0.444 e. The lowest BCUT2D eigenvalue weighted by atomic mass is 9.77. The number of hydrogen-bond acceptors (Lipinski definition) is 5. The normalized spacial score (nSPS) is 29.8. The highest BCUT2D eigenvalue weighted by Crippen LogP contribution is 2.46. The first kappa shape index (κ1) is 18.7. The highest BCUT2D eigenvalue weighted by molar-refractivity contribution is 5.86. The summed E-state index contributed by atoms with van der Waals surface area (Å²) in [5.74, 6) is -0.263. The molecule has 7 nitrogen and oxygen atoms in total. The Balaban J connectivity index is 2.37. The first-order valence-corrected chi connectivity index (χ1v) is 8.46. The fourth-order valence-corrected chi connectivity index (χ4v) is 3.81. The SMILES string of the molecule is C=N[C@@]12CCCC[C@@H]1N(C(=O)OC(C)(C)C)[C@H](C(=O)N(C)OC)C2. The van der Waals surface area contributed by atoms with Crippen LogP contribution in [0.5, 0.6) is 0 Å². The van der Waals surface area contributed by atoms with E-state index in [2.05, 4.69) is 11.7 Å². The second kappa shape index (κ2) is 6.70. The molecule has 1 saturated carbocycles. The lowest BCUT2D eigenvalue weighted by Crippen LogP contribution is -2.53. The second-order valence-corrected chi connectivity index (χ2v) is 7.65. The van der Waals surface area contributed by atoms with E-state index < -0.39 is 23.3 Å². The Hall–Kier alpha value is -1.63. The molecule has 3 atom stereocenters. The number of hydrogen-bond donors (Lipinski definition) is 0. The summed E-state index contributed by atoms with van der Waals surface area (Å²) in [6.07, 6.45) is 3.66. The predicted molar refractivity (Wildman–Crippen MR) is 90.8 cm³/mol.